The van der Waals surface area contributed by atoms with Gasteiger partial charge < -0.3 is 18.9 Å². The number of ketones is 1. The number of carbonyl (C=O) groups is 4. The van der Waals surface area contributed by atoms with E-state index in [9.17, 15) is 19.2 Å². The lowest BCUT2D eigenvalue weighted by Crippen LogP contribution is -2.22. The number of unbranched alkanes of at least 4 members (excludes halogenated alkanes) is 1. The van der Waals surface area contributed by atoms with Crippen LogP contribution in [0.25, 0.3) is 6.08 Å². The Hall–Kier alpha value is -4.46. The van der Waals surface area contributed by atoms with Gasteiger partial charge in [-0.1, -0.05) is 37.8 Å². The van der Waals surface area contributed by atoms with E-state index in [-0.39, 0.29) is 23.9 Å². The van der Waals surface area contributed by atoms with E-state index in [1.807, 2.05) is 13.0 Å². The maximum Gasteiger partial charge on any atom is 0.339 e. The average Bonchev–Trinajstić information content (AvgIpc) is 2.98. The van der Waals surface area contributed by atoms with Gasteiger partial charge in [-0.2, -0.15) is 0 Å². The lowest BCUT2D eigenvalue weighted by atomic mass is 9.98. The second-order valence-corrected chi connectivity index (χ2v) is 10.1. The van der Waals surface area contributed by atoms with Gasteiger partial charge in [-0.15, -0.1) is 0 Å². The third-order valence-electron chi connectivity index (χ3n) is 6.70. The van der Waals surface area contributed by atoms with Crippen molar-refractivity contribution in [3.63, 3.8) is 0 Å². The Morgan fingerprint density at radius 3 is 2.31 bits per heavy atom. The summed E-state index contributed by atoms with van der Waals surface area (Å²) in [6, 6.07) is 11.9. The number of carbonyl (C=O) groups excluding carboxylic acids is 4. The molecule has 0 aliphatic heterocycles. The minimum Gasteiger partial charge on any atom is -0.494 e. The predicted octanol–water partition coefficient (Wildman–Crippen LogP) is 6.51. The Bertz CT molecular complexity index is 1300. The highest BCUT2D eigenvalue weighted by molar-refractivity contribution is 6.07. The Morgan fingerprint density at radius 1 is 0.929 bits per heavy atom. The van der Waals surface area contributed by atoms with E-state index in [4.69, 9.17) is 18.9 Å². The molecule has 222 valence electrons. The standard InChI is InChI=1S/C34H38O8/c1-4-32(36)40-21-9-8-20-39-29-17-18-30(24(2)22-29)31(35)19-14-26-12-15-28(16-13-26)42-34(38)25(3)23-33(37)41-27-10-6-5-7-11-27/h4,12-19,22,27H,1,3,5-11,20-21,23H2,2H3/b19-14+. The van der Waals surface area contributed by atoms with Crippen LogP contribution in [0.1, 0.15) is 72.9 Å². The van der Waals surface area contributed by atoms with Crippen molar-refractivity contribution < 1.29 is 38.1 Å². The van der Waals surface area contributed by atoms with Crippen molar-refractivity contribution in [3.05, 3.63) is 90.0 Å². The van der Waals surface area contributed by atoms with E-state index in [1.54, 1.807) is 42.5 Å². The number of esters is 3. The molecular formula is C34H38O8. The van der Waals surface area contributed by atoms with Gasteiger partial charge in [-0.3, -0.25) is 9.59 Å². The fraction of sp³-hybridized carbons (Fsp3) is 0.353. The van der Waals surface area contributed by atoms with Crippen LogP contribution in [0.5, 0.6) is 11.5 Å². The lowest BCUT2D eigenvalue weighted by molar-refractivity contribution is -0.150. The minimum atomic E-state index is -0.689. The average molecular weight is 575 g/mol. The fourth-order valence-electron chi connectivity index (χ4n) is 4.37. The fourth-order valence-corrected chi connectivity index (χ4v) is 4.37. The Morgan fingerprint density at radius 2 is 1.62 bits per heavy atom. The number of rotatable bonds is 15. The van der Waals surface area contributed by atoms with Crippen LogP contribution >= 0.6 is 0 Å². The third kappa shape index (κ3) is 10.8. The maximum absolute atomic E-state index is 12.8. The Kier molecular flexibility index (Phi) is 12.8. The molecule has 42 heavy (non-hydrogen) atoms. The monoisotopic (exact) mass is 574 g/mol. The molecule has 1 fully saturated rings. The second-order valence-electron chi connectivity index (χ2n) is 10.1. The molecule has 8 heteroatoms. The molecule has 0 spiro atoms. The Balaban J connectivity index is 1.43. The van der Waals surface area contributed by atoms with Gasteiger partial charge in [-0.25, -0.2) is 9.59 Å². The first-order valence-electron chi connectivity index (χ1n) is 14.2. The van der Waals surface area contributed by atoms with Crippen LogP contribution in [0.15, 0.2) is 73.3 Å². The molecule has 0 bridgehead atoms. The number of hydrogen-bond donors (Lipinski definition) is 0. The first-order valence-corrected chi connectivity index (χ1v) is 14.2. The van der Waals surface area contributed by atoms with Gasteiger partial charge in [0.05, 0.1) is 19.6 Å². The summed E-state index contributed by atoms with van der Waals surface area (Å²) in [5.41, 5.74) is 2.12. The summed E-state index contributed by atoms with van der Waals surface area (Å²) < 4.78 is 21.4. The topological polar surface area (TPSA) is 105 Å². The first kappa shape index (κ1) is 32.1. The first-order chi connectivity index (χ1) is 20.2. The SMILES string of the molecule is C=CC(=O)OCCCCOc1ccc(C(=O)/C=C/c2ccc(OC(=O)C(=C)CC(=O)OC3CCCCC3)cc2)c(C)c1. The molecule has 1 saturated carbocycles. The van der Waals surface area contributed by atoms with E-state index in [1.165, 1.54) is 6.08 Å². The number of allylic oxidation sites excluding steroid dienone is 1. The summed E-state index contributed by atoms with van der Waals surface area (Å²) in [7, 11) is 0. The zero-order valence-electron chi connectivity index (χ0n) is 24.1. The van der Waals surface area contributed by atoms with Gasteiger partial charge in [0.15, 0.2) is 5.78 Å². The van der Waals surface area contributed by atoms with E-state index in [2.05, 4.69) is 13.2 Å². The molecule has 2 aromatic carbocycles. The van der Waals surface area contributed by atoms with Crippen molar-refractivity contribution >= 4 is 29.8 Å². The summed E-state index contributed by atoms with van der Waals surface area (Å²) >= 11 is 0. The summed E-state index contributed by atoms with van der Waals surface area (Å²) in [5, 5.41) is 0. The largest absolute Gasteiger partial charge is 0.494 e. The molecule has 8 nitrogen and oxygen atoms in total. The quantitative estimate of drug-likeness (QED) is 0.0780. The number of aryl methyl sites for hydroxylation is 1. The highest BCUT2D eigenvalue weighted by Gasteiger charge is 2.20. The molecule has 0 aromatic heterocycles. The van der Waals surface area contributed by atoms with E-state index in [0.717, 1.165) is 49.3 Å². The molecule has 0 saturated heterocycles. The van der Waals surface area contributed by atoms with E-state index in [0.29, 0.717) is 43.1 Å². The van der Waals surface area contributed by atoms with Crippen LogP contribution in [0.2, 0.25) is 0 Å². The molecule has 0 amide bonds. The zero-order valence-corrected chi connectivity index (χ0v) is 24.1. The lowest BCUT2D eigenvalue weighted by Gasteiger charge is -2.21. The van der Waals surface area contributed by atoms with Crippen molar-refractivity contribution in [2.75, 3.05) is 13.2 Å². The molecule has 3 rings (SSSR count). The van der Waals surface area contributed by atoms with E-state index >= 15 is 0 Å². The summed E-state index contributed by atoms with van der Waals surface area (Å²) in [5.74, 6) is -0.793. The van der Waals surface area contributed by atoms with Crippen molar-refractivity contribution in [1.82, 2.24) is 0 Å². The summed E-state index contributed by atoms with van der Waals surface area (Å²) in [6.07, 6.45) is 10.4. The number of benzene rings is 2. The second kappa shape index (κ2) is 16.7. The van der Waals surface area contributed by atoms with Crippen LogP contribution in [0.4, 0.5) is 0 Å². The van der Waals surface area contributed by atoms with Crippen LogP contribution in [0.3, 0.4) is 0 Å². The molecule has 0 N–H and O–H groups in total. The van der Waals surface area contributed by atoms with Gasteiger partial charge in [0, 0.05) is 17.2 Å². The predicted molar refractivity (Wildman–Crippen MR) is 159 cm³/mol. The molecule has 0 heterocycles. The normalized spacial score (nSPS) is 13.3. The van der Waals surface area contributed by atoms with Crippen molar-refractivity contribution in [2.24, 2.45) is 0 Å². The molecule has 0 unspecified atom stereocenters. The Labute approximate surface area is 247 Å². The number of ether oxygens (including phenoxy) is 4. The van der Waals surface area contributed by atoms with Crippen molar-refractivity contribution in [1.29, 1.82) is 0 Å². The van der Waals surface area contributed by atoms with E-state index < -0.39 is 17.9 Å². The molecule has 0 atom stereocenters. The summed E-state index contributed by atoms with van der Waals surface area (Å²) in [4.78, 5) is 48.3. The third-order valence-corrected chi connectivity index (χ3v) is 6.70. The molecule has 1 aliphatic carbocycles. The highest BCUT2D eigenvalue weighted by Crippen LogP contribution is 2.22. The maximum atomic E-state index is 12.8. The zero-order chi connectivity index (χ0) is 30.3. The van der Waals surface area contributed by atoms with Gasteiger partial charge in [0.1, 0.15) is 17.6 Å². The minimum absolute atomic E-state index is 0.0312. The van der Waals surface area contributed by atoms with Crippen molar-refractivity contribution in [2.45, 2.75) is 64.4 Å². The van der Waals surface area contributed by atoms with Crippen molar-refractivity contribution in [3.8, 4) is 11.5 Å². The highest BCUT2D eigenvalue weighted by atomic mass is 16.5. The van der Waals surface area contributed by atoms with Crippen LogP contribution in [-0.4, -0.2) is 43.0 Å². The molecule has 0 radical (unpaired) electrons. The van der Waals surface area contributed by atoms with Gasteiger partial charge in [0.2, 0.25) is 0 Å². The molecule has 1 aliphatic rings. The van der Waals surface area contributed by atoms with Crippen LogP contribution < -0.4 is 9.47 Å². The van der Waals surface area contributed by atoms with Gasteiger partial charge in [-0.05, 0) is 93.0 Å². The van der Waals surface area contributed by atoms with Crippen LogP contribution in [-0.2, 0) is 23.9 Å². The smallest absolute Gasteiger partial charge is 0.339 e. The number of hydrogen-bond acceptors (Lipinski definition) is 8. The van der Waals surface area contributed by atoms with Gasteiger partial charge >= 0.3 is 17.9 Å². The molecule has 2 aromatic rings. The van der Waals surface area contributed by atoms with Crippen LogP contribution in [0, 0.1) is 6.92 Å². The molecular weight excluding hydrogens is 536 g/mol. The van der Waals surface area contributed by atoms with Gasteiger partial charge in [0.25, 0.3) is 0 Å². The summed E-state index contributed by atoms with van der Waals surface area (Å²) in [6.45, 7) is 9.64.